The first-order valence-electron chi connectivity index (χ1n) is 10.7. The van der Waals surface area contributed by atoms with E-state index in [1.807, 2.05) is 19.1 Å². The number of rotatable bonds is 4. The van der Waals surface area contributed by atoms with E-state index in [4.69, 9.17) is 26.2 Å². The van der Waals surface area contributed by atoms with E-state index in [9.17, 15) is 0 Å². The highest BCUT2D eigenvalue weighted by Crippen LogP contribution is 2.40. The van der Waals surface area contributed by atoms with E-state index in [2.05, 4.69) is 40.2 Å². The van der Waals surface area contributed by atoms with Crippen molar-refractivity contribution in [3.63, 3.8) is 0 Å². The predicted molar refractivity (Wildman–Crippen MR) is 128 cm³/mol. The van der Waals surface area contributed by atoms with Gasteiger partial charge in [-0.15, -0.1) is 11.3 Å². The molecule has 0 atom stereocenters. The Bertz CT molecular complexity index is 1160. The van der Waals surface area contributed by atoms with E-state index in [0.29, 0.717) is 12.6 Å². The lowest BCUT2D eigenvalue weighted by Crippen LogP contribution is -2.58. The summed E-state index contributed by atoms with van der Waals surface area (Å²) in [4.78, 5) is 15.8. The van der Waals surface area contributed by atoms with E-state index in [0.717, 1.165) is 57.9 Å². The summed E-state index contributed by atoms with van der Waals surface area (Å²) in [6.45, 7) is 2.64. The number of benzene rings is 2. The predicted octanol–water partition coefficient (Wildman–Crippen LogP) is 4.47. The number of nitrogens with two attached hydrogens (primary N) is 2. The summed E-state index contributed by atoms with van der Waals surface area (Å²) in [7, 11) is 0. The Kier molecular flexibility index (Phi) is 5.02. The van der Waals surface area contributed by atoms with E-state index in [1.54, 1.807) is 11.3 Å². The number of ether oxygens (including phenoxy) is 1. The number of anilines is 1. The lowest BCUT2D eigenvalue weighted by molar-refractivity contribution is 0.305. The fourth-order valence-electron chi connectivity index (χ4n) is 4.53. The molecule has 160 valence electrons. The van der Waals surface area contributed by atoms with Gasteiger partial charge in [0.2, 0.25) is 11.9 Å². The lowest BCUT2D eigenvalue weighted by atomic mass is 9.87. The van der Waals surface area contributed by atoms with Gasteiger partial charge in [0, 0.05) is 11.3 Å². The molecule has 2 aromatic carbocycles. The van der Waals surface area contributed by atoms with Crippen molar-refractivity contribution in [3.05, 3.63) is 42.5 Å². The molecule has 31 heavy (non-hydrogen) atoms. The molecule has 1 fully saturated rings. The number of guanidine groups is 2. The van der Waals surface area contributed by atoms with Crippen molar-refractivity contribution in [1.29, 1.82) is 0 Å². The van der Waals surface area contributed by atoms with Crippen LogP contribution in [-0.4, -0.2) is 29.2 Å². The molecule has 0 amide bonds. The summed E-state index contributed by atoms with van der Waals surface area (Å²) in [5.41, 5.74) is 14.9. The van der Waals surface area contributed by atoms with Gasteiger partial charge < -0.3 is 16.2 Å². The molecule has 0 bridgehead atoms. The van der Waals surface area contributed by atoms with Crippen molar-refractivity contribution in [2.24, 2.45) is 21.5 Å². The second-order valence-corrected chi connectivity index (χ2v) is 8.98. The first-order valence-corrected chi connectivity index (χ1v) is 11.5. The zero-order valence-corrected chi connectivity index (χ0v) is 18.4. The zero-order chi connectivity index (χ0) is 21.4. The molecule has 2 heterocycles. The van der Waals surface area contributed by atoms with Gasteiger partial charge in [-0.1, -0.05) is 6.42 Å². The first kappa shape index (κ1) is 19.8. The van der Waals surface area contributed by atoms with Crippen LogP contribution in [-0.2, 0) is 0 Å². The summed E-state index contributed by atoms with van der Waals surface area (Å²) in [6.07, 6.45) is 5.27. The highest BCUT2D eigenvalue weighted by Gasteiger charge is 2.42. The molecule has 5 rings (SSSR count). The topological polar surface area (TPSA) is 102 Å². The van der Waals surface area contributed by atoms with Crippen LogP contribution in [0.1, 0.15) is 39.0 Å². The molecular weight excluding hydrogens is 408 g/mol. The van der Waals surface area contributed by atoms with Gasteiger partial charge in [-0.25, -0.2) is 9.98 Å². The normalized spacial score (nSPS) is 18.2. The van der Waals surface area contributed by atoms with Crippen LogP contribution in [0.15, 0.2) is 52.4 Å². The molecule has 1 aromatic heterocycles. The maximum Gasteiger partial charge on any atom is 0.220 e. The molecule has 0 radical (unpaired) electrons. The standard InChI is InChI=1S/C23H26N6OS/c1-2-30-17-10-11-18-19(14-17)31-20(26-18)15-6-8-16(9-7-15)29-22(25)27-21(24)28-23(29)12-4-3-5-13-23/h6-11,14H,2-5,12-13H2,1H3,(H4,24,25,27,28). The minimum absolute atomic E-state index is 0.271. The molecule has 3 aromatic rings. The van der Waals surface area contributed by atoms with Crippen LogP contribution >= 0.6 is 11.3 Å². The summed E-state index contributed by atoms with van der Waals surface area (Å²) in [5, 5.41) is 0.977. The van der Waals surface area contributed by atoms with Gasteiger partial charge in [0.15, 0.2) is 0 Å². The summed E-state index contributed by atoms with van der Waals surface area (Å²) >= 11 is 1.66. The van der Waals surface area contributed by atoms with Gasteiger partial charge in [0.25, 0.3) is 0 Å². The minimum atomic E-state index is -0.429. The molecule has 1 aliphatic heterocycles. The number of aliphatic imine (C=N–C) groups is 2. The monoisotopic (exact) mass is 434 g/mol. The van der Waals surface area contributed by atoms with Gasteiger partial charge >= 0.3 is 0 Å². The molecule has 1 spiro atoms. The largest absolute Gasteiger partial charge is 0.494 e. The van der Waals surface area contributed by atoms with Crippen LogP contribution < -0.4 is 21.1 Å². The molecule has 7 nitrogen and oxygen atoms in total. The number of fused-ring (bicyclic) bond motifs is 1. The molecule has 0 unspecified atom stereocenters. The van der Waals surface area contributed by atoms with E-state index in [-0.39, 0.29) is 5.96 Å². The Morgan fingerprint density at radius 1 is 1.06 bits per heavy atom. The highest BCUT2D eigenvalue weighted by molar-refractivity contribution is 7.21. The molecule has 0 saturated heterocycles. The Balaban J connectivity index is 1.47. The SMILES string of the molecule is CCOc1ccc2nc(-c3ccc(N4C(N)=NC(N)=NC45CCCCC5)cc3)sc2c1. The van der Waals surface area contributed by atoms with Crippen molar-refractivity contribution >= 4 is 39.2 Å². The number of hydrogen-bond donors (Lipinski definition) is 2. The third-order valence-corrected chi connectivity index (χ3v) is 6.96. The molecular formula is C23H26N6OS. The van der Waals surface area contributed by atoms with E-state index >= 15 is 0 Å². The van der Waals surface area contributed by atoms with Crippen LogP contribution in [0.5, 0.6) is 5.75 Å². The average molecular weight is 435 g/mol. The van der Waals surface area contributed by atoms with Crippen LogP contribution in [0.4, 0.5) is 5.69 Å². The Labute approximate surface area is 185 Å². The fraction of sp³-hybridized carbons (Fsp3) is 0.348. The summed E-state index contributed by atoms with van der Waals surface area (Å²) < 4.78 is 6.73. The zero-order valence-electron chi connectivity index (χ0n) is 17.5. The van der Waals surface area contributed by atoms with Crippen molar-refractivity contribution < 1.29 is 4.74 Å². The summed E-state index contributed by atoms with van der Waals surface area (Å²) in [6, 6.07) is 14.3. The van der Waals surface area contributed by atoms with Crippen molar-refractivity contribution in [3.8, 4) is 16.3 Å². The first-order chi connectivity index (χ1) is 15.1. The maximum absolute atomic E-state index is 6.34. The maximum atomic E-state index is 6.34. The molecule has 4 N–H and O–H groups in total. The second kappa shape index (κ2) is 7.85. The van der Waals surface area contributed by atoms with Gasteiger partial charge in [-0.05, 0) is 75.1 Å². The van der Waals surface area contributed by atoms with Crippen molar-refractivity contribution in [2.75, 3.05) is 11.5 Å². The third-order valence-electron chi connectivity index (χ3n) is 5.89. The number of aromatic nitrogens is 1. The smallest absolute Gasteiger partial charge is 0.220 e. The van der Waals surface area contributed by atoms with E-state index < -0.39 is 5.66 Å². The highest BCUT2D eigenvalue weighted by atomic mass is 32.1. The molecule has 2 aliphatic rings. The van der Waals surface area contributed by atoms with Gasteiger partial charge in [0.1, 0.15) is 16.4 Å². The Morgan fingerprint density at radius 3 is 2.58 bits per heavy atom. The van der Waals surface area contributed by atoms with Gasteiger partial charge in [-0.3, -0.25) is 4.90 Å². The number of nitrogens with zero attached hydrogens (tertiary/aromatic N) is 4. The average Bonchev–Trinajstić information content (AvgIpc) is 3.18. The molecule has 8 heteroatoms. The minimum Gasteiger partial charge on any atom is -0.494 e. The Hall–Kier alpha value is -3.13. The number of hydrogen-bond acceptors (Lipinski definition) is 8. The van der Waals surface area contributed by atoms with Crippen LogP contribution in [0.3, 0.4) is 0 Å². The van der Waals surface area contributed by atoms with Gasteiger partial charge in [0.05, 0.1) is 16.8 Å². The van der Waals surface area contributed by atoms with Crippen molar-refractivity contribution in [1.82, 2.24) is 4.98 Å². The van der Waals surface area contributed by atoms with Crippen LogP contribution in [0.25, 0.3) is 20.8 Å². The molecule has 1 saturated carbocycles. The fourth-order valence-corrected chi connectivity index (χ4v) is 5.53. The van der Waals surface area contributed by atoms with Gasteiger partial charge in [-0.2, -0.15) is 4.99 Å². The quantitative estimate of drug-likeness (QED) is 0.631. The lowest BCUT2D eigenvalue weighted by Gasteiger charge is -2.45. The molecule has 1 aliphatic carbocycles. The summed E-state index contributed by atoms with van der Waals surface area (Å²) in [5.74, 6) is 1.55. The second-order valence-electron chi connectivity index (χ2n) is 7.95. The van der Waals surface area contributed by atoms with Crippen molar-refractivity contribution in [2.45, 2.75) is 44.7 Å². The Morgan fingerprint density at radius 2 is 1.84 bits per heavy atom. The van der Waals surface area contributed by atoms with Crippen LogP contribution in [0.2, 0.25) is 0 Å². The number of thiazole rings is 1. The third kappa shape index (κ3) is 3.61. The van der Waals surface area contributed by atoms with Crippen LogP contribution in [0, 0.1) is 0 Å². The van der Waals surface area contributed by atoms with E-state index in [1.165, 1.54) is 6.42 Å².